The van der Waals surface area contributed by atoms with Gasteiger partial charge in [0.2, 0.25) is 10.0 Å². The summed E-state index contributed by atoms with van der Waals surface area (Å²) in [6.07, 6.45) is 0.906. The van der Waals surface area contributed by atoms with Gasteiger partial charge in [0.05, 0.1) is 24.9 Å². The highest BCUT2D eigenvalue weighted by molar-refractivity contribution is 7.89. The van der Waals surface area contributed by atoms with Gasteiger partial charge in [0.1, 0.15) is 0 Å². The van der Waals surface area contributed by atoms with Crippen LogP contribution in [0.4, 0.5) is 4.39 Å². The molecule has 0 bridgehead atoms. The first-order chi connectivity index (χ1) is 12.5. The molecule has 1 atom stereocenters. The molecule has 0 aliphatic rings. The van der Waals surface area contributed by atoms with Crippen LogP contribution in [0, 0.1) is 11.3 Å². The number of rotatable bonds is 9. The molecule has 138 valence electrons. The molecule has 0 saturated heterocycles. The molecule has 2 rings (SSSR count). The number of hydrogen-bond donors (Lipinski definition) is 1. The van der Waals surface area contributed by atoms with Crippen molar-refractivity contribution in [1.82, 2.24) is 4.72 Å². The van der Waals surface area contributed by atoms with E-state index in [9.17, 15) is 12.8 Å². The van der Waals surface area contributed by atoms with Gasteiger partial charge in [-0.2, -0.15) is 5.26 Å². The van der Waals surface area contributed by atoms with Crippen LogP contribution in [0.2, 0.25) is 0 Å². The predicted octanol–water partition coefficient (Wildman–Crippen LogP) is 3.80. The fraction of sp³-hybridized carbons (Fsp3) is 0.350. The minimum atomic E-state index is -3.34. The Kier molecular flexibility index (Phi) is 7.31. The Hall–Kier alpha value is -2.23. The molecular formula is C20H23FN2O2S. The third-order valence-electron chi connectivity index (χ3n) is 4.16. The van der Waals surface area contributed by atoms with E-state index in [2.05, 4.69) is 10.8 Å². The maximum Gasteiger partial charge on any atom is 0.211 e. The lowest BCUT2D eigenvalue weighted by Gasteiger charge is -2.15. The van der Waals surface area contributed by atoms with E-state index in [0.717, 1.165) is 22.3 Å². The largest absolute Gasteiger partial charge is 0.250 e. The van der Waals surface area contributed by atoms with Gasteiger partial charge in [0.25, 0.3) is 0 Å². The first-order valence-electron chi connectivity index (χ1n) is 8.58. The number of benzene rings is 2. The van der Waals surface area contributed by atoms with E-state index >= 15 is 0 Å². The van der Waals surface area contributed by atoms with Crippen LogP contribution >= 0.6 is 0 Å². The summed E-state index contributed by atoms with van der Waals surface area (Å²) in [4.78, 5) is 0. The quantitative estimate of drug-likeness (QED) is 0.726. The molecule has 0 radical (unpaired) electrons. The van der Waals surface area contributed by atoms with E-state index in [1.807, 2.05) is 48.5 Å². The van der Waals surface area contributed by atoms with Crippen LogP contribution in [0.3, 0.4) is 0 Å². The Morgan fingerprint density at radius 2 is 1.65 bits per heavy atom. The Morgan fingerprint density at radius 1 is 1.08 bits per heavy atom. The lowest BCUT2D eigenvalue weighted by Crippen LogP contribution is -2.31. The highest BCUT2D eigenvalue weighted by Crippen LogP contribution is 2.24. The molecule has 4 nitrogen and oxygen atoms in total. The van der Waals surface area contributed by atoms with E-state index < -0.39 is 22.6 Å². The SMILES string of the molecule is CCCS(=O)(=O)NCC(CF)c1ccc(-c2ccc(CC#N)cc2)cc1. The molecule has 1 N–H and O–H groups in total. The Bertz CT molecular complexity index is 841. The minimum absolute atomic E-state index is 0.0484. The molecular weight excluding hydrogens is 351 g/mol. The van der Waals surface area contributed by atoms with Gasteiger partial charge < -0.3 is 0 Å². The maximum atomic E-state index is 13.4. The number of nitrogens with one attached hydrogen (secondary N) is 1. The molecule has 0 saturated carbocycles. The van der Waals surface area contributed by atoms with E-state index in [0.29, 0.717) is 12.8 Å². The topological polar surface area (TPSA) is 70.0 Å². The molecule has 0 amide bonds. The lowest BCUT2D eigenvalue weighted by molar-refractivity contribution is 0.427. The Morgan fingerprint density at radius 3 is 2.15 bits per heavy atom. The van der Waals surface area contributed by atoms with Gasteiger partial charge in [-0.05, 0) is 28.7 Å². The molecule has 0 fully saturated rings. The summed E-state index contributed by atoms with van der Waals surface area (Å²) in [5.41, 5.74) is 3.72. The van der Waals surface area contributed by atoms with E-state index in [-0.39, 0.29) is 12.3 Å². The van der Waals surface area contributed by atoms with Crippen molar-refractivity contribution in [3.8, 4) is 17.2 Å². The number of hydrogen-bond acceptors (Lipinski definition) is 3. The summed E-state index contributed by atoms with van der Waals surface area (Å²) < 4.78 is 39.3. The summed E-state index contributed by atoms with van der Waals surface area (Å²) >= 11 is 0. The van der Waals surface area contributed by atoms with Crippen molar-refractivity contribution >= 4 is 10.0 Å². The van der Waals surface area contributed by atoms with Gasteiger partial charge in [-0.3, -0.25) is 4.39 Å². The summed E-state index contributed by atoms with van der Waals surface area (Å²) in [6, 6.07) is 17.3. The molecule has 0 aliphatic heterocycles. The average Bonchev–Trinajstić information content (AvgIpc) is 2.64. The van der Waals surface area contributed by atoms with Crippen LogP contribution in [0.1, 0.15) is 30.4 Å². The number of nitriles is 1. The van der Waals surface area contributed by atoms with Crippen molar-refractivity contribution in [3.05, 3.63) is 59.7 Å². The van der Waals surface area contributed by atoms with Gasteiger partial charge in [0, 0.05) is 12.5 Å². The molecule has 6 heteroatoms. The fourth-order valence-electron chi connectivity index (χ4n) is 2.68. The van der Waals surface area contributed by atoms with E-state index in [4.69, 9.17) is 5.26 Å². The van der Waals surface area contributed by atoms with Gasteiger partial charge in [-0.15, -0.1) is 0 Å². The van der Waals surface area contributed by atoms with Crippen LogP contribution in [-0.4, -0.2) is 27.4 Å². The van der Waals surface area contributed by atoms with Crippen molar-refractivity contribution in [2.75, 3.05) is 19.0 Å². The summed E-state index contributed by atoms with van der Waals surface area (Å²) in [6.45, 7) is 1.22. The van der Waals surface area contributed by atoms with Crippen LogP contribution in [0.15, 0.2) is 48.5 Å². The molecule has 1 unspecified atom stereocenters. The first-order valence-corrected chi connectivity index (χ1v) is 10.2. The van der Waals surface area contributed by atoms with Crippen LogP contribution < -0.4 is 4.72 Å². The molecule has 0 aliphatic carbocycles. The smallest absolute Gasteiger partial charge is 0.211 e. The van der Waals surface area contributed by atoms with Gasteiger partial charge >= 0.3 is 0 Å². The van der Waals surface area contributed by atoms with Crippen LogP contribution in [0.25, 0.3) is 11.1 Å². The Balaban J connectivity index is 2.08. The fourth-order valence-corrected chi connectivity index (χ4v) is 3.82. The maximum absolute atomic E-state index is 13.4. The average molecular weight is 374 g/mol. The normalized spacial score (nSPS) is 12.5. The zero-order valence-electron chi connectivity index (χ0n) is 14.8. The molecule has 26 heavy (non-hydrogen) atoms. The third-order valence-corrected chi connectivity index (χ3v) is 5.71. The first kappa shape index (κ1) is 20.1. The number of nitrogens with zero attached hydrogens (tertiary/aromatic N) is 1. The van der Waals surface area contributed by atoms with Crippen LogP contribution in [-0.2, 0) is 16.4 Å². The van der Waals surface area contributed by atoms with E-state index in [1.165, 1.54) is 0 Å². The summed E-state index contributed by atoms with van der Waals surface area (Å²) in [5.74, 6) is -0.457. The Labute approximate surface area is 154 Å². The molecule has 0 spiro atoms. The van der Waals surface area contributed by atoms with Gasteiger partial charge in [0.15, 0.2) is 0 Å². The molecule has 2 aromatic carbocycles. The highest BCUT2D eigenvalue weighted by Gasteiger charge is 2.16. The molecule has 0 heterocycles. The van der Waals surface area contributed by atoms with Crippen molar-refractivity contribution in [2.45, 2.75) is 25.7 Å². The van der Waals surface area contributed by atoms with E-state index in [1.54, 1.807) is 6.92 Å². The predicted molar refractivity (Wildman–Crippen MR) is 102 cm³/mol. The van der Waals surface area contributed by atoms with Crippen LogP contribution in [0.5, 0.6) is 0 Å². The molecule has 2 aromatic rings. The number of sulfonamides is 1. The monoisotopic (exact) mass is 374 g/mol. The second-order valence-electron chi connectivity index (χ2n) is 6.17. The number of alkyl halides is 1. The van der Waals surface area contributed by atoms with Crippen molar-refractivity contribution in [1.29, 1.82) is 5.26 Å². The zero-order chi connectivity index (χ0) is 19.0. The number of halogens is 1. The second-order valence-corrected chi connectivity index (χ2v) is 8.10. The summed E-state index contributed by atoms with van der Waals surface area (Å²) in [7, 11) is -3.34. The zero-order valence-corrected chi connectivity index (χ0v) is 15.6. The van der Waals surface area contributed by atoms with Gasteiger partial charge in [-0.25, -0.2) is 13.1 Å². The third kappa shape index (κ3) is 5.65. The minimum Gasteiger partial charge on any atom is -0.250 e. The van der Waals surface area contributed by atoms with Crippen molar-refractivity contribution < 1.29 is 12.8 Å². The summed E-state index contributed by atoms with van der Waals surface area (Å²) in [5, 5.41) is 8.71. The lowest BCUT2D eigenvalue weighted by atomic mass is 9.96. The standard InChI is InChI=1S/C20H23FN2O2S/c1-2-13-26(24,25)23-15-20(14-21)19-9-7-18(8-10-19)17-5-3-16(4-6-17)11-12-22/h3-10,20,23H,2,11,13-15H2,1H3. The van der Waals surface area contributed by atoms with Crippen molar-refractivity contribution in [3.63, 3.8) is 0 Å². The molecule has 0 aromatic heterocycles. The van der Waals surface area contributed by atoms with Crippen molar-refractivity contribution in [2.24, 2.45) is 0 Å². The second kappa shape index (κ2) is 9.46. The van der Waals surface area contributed by atoms with Gasteiger partial charge in [-0.1, -0.05) is 55.5 Å². The highest BCUT2D eigenvalue weighted by atomic mass is 32.2.